The lowest BCUT2D eigenvalue weighted by atomic mass is 9.98. The molecule has 0 saturated carbocycles. The molecule has 7 heteroatoms. The van der Waals surface area contributed by atoms with Crippen molar-refractivity contribution in [3.05, 3.63) is 23.6 Å². The van der Waals surface area contributed by atoms with Gasteiger partial charge in [-0.05, 0) is 24.8 Å². The fourth-order valence-electron chi connectivity index (χ4n) is 2.28. The van der Waals surface area contributed by atoms with E-state index in [1.807, 2.05) is 0 Å². The number of hydrazine groups is 1. The van der Waals surface area contributed by atoms with Crippen LogP contribution in [0.15, 0.2) is 12.3 Å². The fourth-order valence-corrected chi connectivity index (χ4v) is 2.28. The number of hydrogen-bond donors (Lipinski definition) is 3. The van der Waals surface area contributed by atoms with Crippen molar-refractivity contribution in [2.75, 3.05) is 25.1 Å². The third-order valence-electron chi connectivity index (χ3n) is 3.32. The van der Waals surface area contributed by atoms with Gasteiger partial charge in [-0.2, -0.15) is 0 Å². The number of aliphatic hydroxyl groups is 1. The molecule has 1 amide bonds. The maximum atomic E-state index is 14.0. The summed E-state index contributed by atoms with van der Waals surface area (Å²) in [5.41, 5.74) is 2.06. The van der Waals surface area contributed by atoms with E-state index >= 15 is 0 Å². The van der Waals surface area contributed by atoms with E-state index in [-0.39, 0.29) is 23.9 Å². The summed E-state index contributed by atoms with van der Waals surface area (Å²) in [5.74, 6) is 3.90. The van der Waals surface area contributed by atoms with Gasteiger partial charge in [0.1, 0.15) is 0 Å². The predicted octanol–water partition coefficient (Wildman–Crippen LogP) is 0.351. The van der Waals surface area contributed by atoms with E-state index in [1.54, 1.807) is 4.90 Å². The van der Waals surface area contributed by atoms with E-state index in [1.165, 1.54) is 12.3 Å². The molecule has 1 aliphatic heterocycles. The second-order valence-electron chi connectivity index (χ2n) is 4.61. The highest BCUT2D eigenvalue weighted by molar-refractivity contribution is 5.95. The Morgan fingerprint density at radius 3 is 3.16 bits per heavy atom. The summed E-state index contributed by atoms with van der Waals surface area (Å²) < 4.78 is 14.0. The minimum atomic E-state index is -0.749. The molecular formula is C12H17FN4O2. The lowest BCUT2D eigenvalue weighted by molar-refractivity contribution is 0.0616. The Bertz CT molecular complexity index is 469. The monoisotopic (exact) mass is 268 g/mol. The third-order valence-corrected chi connectivity index (χ3v) is 3.32. The molecule has 1 unspecified atom stereocenters. The van der Waals surface area contributed by atoms with Crippen LogP contribution in [0.4, 0.5) is 10.2 Å². The SMILES string of the molecule is NNc1nccc(C(=O)N2CCCC(CO)C2)c1F. The first-order chi connectivity index (χ1) is 9.17. The zero-order chi connectivity index (χ0) is 13.8. The van der Waals surface area contributed by atoms with E-state index < -0.39 is 11.7 Å². The number of nitrogens with two attached hydrogens (primary N) is 1. The minimum Gasteiger partial charge on any atom is -0.396 e. The molecule has 6 nitrogen and oxygen atoms in total. The number of nitrogen functional groups attached to an aromatic ring is 1. The third kappa shape index (κ3) is 2.82. The second kappa shape index (κ2) is 5.94. The average molecular weight is 268 g/mol. The number of carbonyl (C=O) groups excluding carboxylic acids is 1. The van der Waals surface area contributed by atoms with Crippen molar-refractivity contribution in [2.24, 2.45) is 11.8 Å². The lowest BCUT2D eigenvalue weighted by Crippen LogP contribution is -2.41. The first-order valence-electron chi connectivity index (χ1n) is 6.18. The van der Waals surface area contributed by atoms with Crippen LogP contribution in [0.5, 0.6) is 0 Å². The number of rotatable bonds is 3. The number of nitrogens with one attached hydrogen (secondary N) is 1. The summed E-state index contributed by atoms with van der Waals surface area (Å²) in [6.45, 7) is 1.06. The van der Waals surface area contributed by atoms with E-state index in [2.05, 4.69) is 10.4 Å². The number of hydrogen-bond acceptors (Lipinski definition) is 5. The van der Waals surface area contributed by atoms with E-state index in [0.29, 0.717) is 13.1 Å². The molecule has 2 rings (SSSR count). The molecule has 1 fully saturated rings. The number of aromatic nitrogens is 1. The quantitative estimate of drug-likeness (QED) is 0.543. The van der Waals surface area contributed by atoms with Gasteiger partial charge in [-0.15, -0.1) is 0 Å². The van der Waals surface area contributed by atoms with Gasteiger partial charge in [-0.1, -0.05) is 0 Å². The second-order valence-corrected chi connectivity index (χ2v) is 4.61. The largest absolute Gasteiger partial charge is 0.396 e. The standard InChI is InChI=1S/C12H17FN4O2/c13-10-9(3-4-15-11(10)16-14)12(19)17-5-1-2-8(6-17)7-18/h3-4,8,18H,1-2,5-7,14H2,(H,15,16). The molecule has 104 valence electrons. The predicted molar refractivity (Wildman–Crippen MR) is 67.7 cm³/mol. The van der Waals surface area contributed by atoms with Crippen molar-refractivity contribution in [1.82, 2.24) is 9.88 Å². The molecule has 1 aliphatic rings. The highest BCUT2D eigenvalue weighted by Crippen LogP contribution is 2.21. The minimum absolute atomic E-state index is 0.0399. The van der Waals surface area contributed by atoms with Gasteiger partial charge in [0.25, 0.3) is 5.91 Å². The molecule has 19 heavy (non-hydrogen) atoms. The summed E-state index contributed by atoms with van der Waals surface area (Å²) in [6, 6.07) is 1.33. The first-order valence-corrected chi connectivity index (χ1v) is 6.18. The molecule has 1 aromatic heterocycles. The number of likely N-dealkylation sites (tertiary alicyclic amines) is 1. The number of anilines is 1. The molecule has 0 spiro atoms. The Morgan fingerprint density at radius 2 is 2.47 bits per heavy atom. The summed E-state index contributed by atoms with van der Waals surface area (Å²) >= 11 is 0. The van der Waals surface area contributed by atoms with Gasteiger partial charge in [0.2, 0.25) is 0 Å². The number of halogens is 1. The highest BCUT2D eigenvalue weighted by atomic mass is 19.1. The van der Waals surface area contributed by atoms with Crippen LogP contribution in [0.2, 0.25) is 0 Å². The number of aliphatic hydroxyl groups excluding tert-OH is 1. The molecule has 1 atom stereocenters. The maximum absolute atomic E-state index is 14.0. The normalized spacial score (nSPS) is 19.3. The molecule has 0 aromatic carbocycles. The van der Waals surface area contributed by atoms with E-state index in [4.69, 9.17) is 10.9 Å². The summed E-state index contributed by atoms with van der Waals surface area (Å²) in [7, 11) is 0. The van der Waals surface area contributed by atoms with Crippen LogP contribution in [0, 0.1) is 11.7 Å². The fraction of sp³-hybridized carbons (Fsp3) is 0.500. The Morgan fingerprint density at radius 1 is 1.68 bits per heavy atom. The summed E-state index contributed by atoms with van der Waals surface area (Å²) in [5, 5.41) is 9.15. The van der Waals surface area contributed by atoms with Gasteiger partial charge in [0, 0.05) is 25.9 Å². The van der Waals surface area contributed by atoms with E-state index in [9.17, 15) is 9.18 Å². The Labute approximate surface area is 110 Å². The molecular weight excluding hydrogens is 251 g/mol. The number of carbonyl (C=O) groups is 1. The van der Waals surface area contributed by atoms with Crippen LogP contribution in [-0.4, -0.2) is 40.6 Å². The van der Waals surface area contributed by atoms with Gasteiger partial charge >= 0.3 is 0 Å². The van der Waals surface area contributed by atoms with Crippen LogP contribution in [0.1, 0.15) is 23.2 Å². The molecule has 1 saturated heterocycles. The van der Waals surface area contributed by atoms with Crippen LogP contribution >= 0.6 is 0 Å². The summed E-state index contributed by atoms with van der Waals surface area (Å²) in [6.07, 6.45) is 3.03. The first kappa shape index (κ1) is 13.7. The molecule has 1 aromatic rings. The molecule has 2 heterocycles. The van der Waals surface area contributed by atoms with Gasteiger partial charge in [0.15, 0.2) is 11.6 Å². The van der Waals surface area contributed by atoms with Gasteiger partial charge in [0.05, 0.1) is 5.56 Å². The lowest BCUT2D eigenvalue weighted by Gasteiger charge is -2.32. The maximum Gasteiger partial charge on any atom is 0.257 e. The van der Waals surface area contributed by atoms with Crippen LogP contribution in [-0.2, 0) is 0 Å². The zero-order valence-electron chi connectivity index (χ0n) is 10.5. The van der Waals surface area contributed by atoms with Gasteiger partial charge in [-0.3, -0.25) is 4.79 Å². The molecule has 0 bridgehead atoms. The van der Waals surface area contributed by atoms with E-state index in [0.717, 1.165) is 12.8 Å². The topological polar surface area (TPSA) is 91.5 Å². The number of amides is 1. The van der Waals surface area contributed by atoms with Crippen molar-refractivity contribution < 1.29 is 14.3 Å². The zero-order valence-corrected chi connectivity index (χ0v) is 10.5. The van der Waals surface area contributed by atoms with Crippen LogP contribution in [0.3, 0.4) is 0 Å². The van der Waals surface area contributed by atoms with Gasteiger partial charge in [-0.25, -0.2) is 15.2 Å². The Balaban J connectivity index is 2.19. The summed E-state index contributed by atoms with van der Waals surface area (Å²) in [4.78, 5) is 17.5. The smallest absolute Gasteiger partial charge is 0.257 e. The average Bonchev–Trinajstić information content (AvgIpc) is 2.47. The van der Waals surface area contributed by atoms with Crippen molar-refractivity contribution in [3.8, 4) is 0 Å². The van der Waals surface area contributed by atoms with Gasteiger partial charge < -0.3 is 15.4 Å². The molecule has 0 aliphatic carbocycles. The van der Waals surface area contributed by atoms with Crippen molar-refractivity contribution in [3.63, 3.8) is 0 Å². The van der Waals surface area contributed by atoms with Crippen LogP contribution in [0.25, 0.3) is 0 Å². The molecule has 4 N–H and O–H groups in total. The Kier molecular flexibility index (Phi) is 4.28. The molecule has 0 radical (unpaired) electrons. The highest BCUT2D eigenvalue weighted by Gasteiger charge is 2.26. The van der Waals surface area contributed by atoms with Crippen LogP contribution < -0.4 is 11.3 Å². The number of piperidine rings is 1. The van der Waals surface area contributed by atoms with Crippen molar-refractivity contribution >= 4 is 11.7 Å². The van der Waals surface area contributed by atoms with Crippen molar-refractivity contribution in [2.45, 2.75) is 12.8 Å². The number of nitrogens with zero attached hydrogens (tertiary/aromatic N) is 2. The Hall–Kier alpha value is -1.73. The number of pyridine rings is 1. The van der Waals surface area contributed by atoms with Crippen molar-refractivity contribution in [1.29, 1.82) is 0 Å².